The van der Waals surface area contributed by atoms with Crippen LogP contribution in [0.15, 0.2) is 24.5 Å². The molecule has 1 saturated carbocycles. The Labute approximate surface area is 99.7 Å². The van der Waals surface area contributed by atoms with Crippen molar-refractivity contribution < 1.29 is 0 Å². The van der Waals surface area contributed by atoms with Crippen LogP contribution in [0, 0.1) is 0 Å². The summed E-state index contributed by atoms with van der Waals surface area (Å²) in [6.45, 7) is 1.86. The van der Waals surface area contributed by atoms with Gasteiger partial charge in [0.05, 0.1) is 0 Å². The van der Waals surface area contributed by atoms with Crippen LogP contribution in [-0.2, 0) is 0 Å². The molecule has 0 radical (unpaired) electrons. The van der Waals surface area contributed by atoms with Gasteiger partial charge in [0.1, 0.15) is 11.3 Å². The molecule has 17 heavy (non-hydrogen) atoms. The van der Waals surface area contributed by atoms with E-state index in [0.717, 1.165) is 30.5 Å². The molecule has 3 rings (SSSR count). The molecule has 5 nitrogen and oxygen atoms in total. The van der Waals surface area contributed by atoms with Crippen LogP contribution in [0.4, 0.5) is 5.82 Å². The Morgan fingerprint density at radius 1 is 1.12 bits per heavy atom. The van der Waals surface area contributed by atoms with Crippen LogP contribution >= 0.6 is 0 Å². The van der Waals surface area contributed by atoms with Crippen molar-refractivity contribution in [3.63, 3.8) is 0 Å². The summed E-state index contributed by atoms with van der Waals surface area (Å²) in [5.41, 5.74) is 1.52. The monoisotopic (exact) mass is 229 g/mol. The van der Waals surface area contributed by atoms with Crippen molar-refractivity contribution in [2.75, 3.05) is 18.4 Å². The summed E-state index contributed by atoms with van der Waals surface area (Å²) in [4.78, 5) is 12.8. The third-order valence-electron chi connectivity index (χ3n) is 2.77. The lowest BCUT2D eigenvalue weighted by molar-refractivity contribution is 0.701. The molecular weight excluding hydrogens is 214 g/mol. The van der Waals surface area contributed by atoms with E-state index in [1.54, 1.807) is 12.4 Å². The summed E-state index contributed by atoms with van der Waals surface area (Å²) in [7, 11) is 0. The number of fused-ring (bicyclic) bond motifs is 1. The van der Waals surface area contributed by atoms with Crippen molar-refractivity contribution in [3.05, 3.63) is 24.5 Å². The lowest BCUT2D eigenvalue weighted by Crippen LogP contribution is -2.24. The van der Waals surface area contributed by atoms with Gasteiger partial charge in [-0.15, -0.1) is 0 Å². The number of aromatic nitrogens is 3. The number of nitrogens with one attached hydrogen (secondary N) is 2. The minimum atomic E-state index is 0.688. The maximum atomic E-state index is 4.40. The second-order valence-corrected chi connectivity index (χ2v) is 4.25. The first-order valence-corrected chi connectivity index (χ1v) is 5.97. The van der Waals surface area contributed by atoms with E-state index in [-0.39, 0.29) is 0 Å². The highest BCUT2D eigenvalue weighted by molar-refractivity contribution is 5.71. The van der Waals surface area contributed by atoms with E-state index in [4.69, 9.17) is 0 Å². The second kappa shape index (κ2) is 4.63. The molecule has 0 atom stereocenters. The van der Waals surface area contributed by atoms with Gasteiger partial charge >= 0.3 is 0 Å². The Morgan fingerprint density at radius 3 is 2.88 bits per heavy atom. The molecular formula is C12H15N5. The Kier molecular flexibility index (Phi) is 2.83. The van der Waals surface area contributed by atoms with Crippen LogP contribution < -0.4 is 10.6 Å². The molecule has 0 aromatic carbocycles. The van der Waals surface area contributed by atoms with Crippen molar-refractivity contribution in [3.8, 4) is 0 Å². The summed E-state index contributed by atoms with van der Waals surface area (Å²) in [5, 5.41) is 6.72. The fraction of sp³-hybridized carbons (Fsp3) is 0.417. The van der Waals surface area contributed by atoms with Crippen LogP contribution in [0.2, 0.25) is 0 Å². The minimum Gasteiger partial charge on any atom is -0.369 e. The zero-order valence-electron chi connectivity index (χ0n) is 9.56. The van der Waals surface area contributed by atoms with Gasteiger partial charge in [0.2, 0.25) is 0 Å². The molecule has 2 N–H and O–H groups in total. The van der Waals surface area contributed by atoms with Gasteiger partial charge in [0, 0.05) is 31.5 Å². The average Bonchev–Trinajstić information content (AvgIpc) is 3.18. The Hall–Kier alpha value is -1.75. The molecule has 0 unspecified atom stereocenters. The smallest absolute Gasteiger partial charge is 0.180 e. The van der Waals surface area contributed by atoms with Gasteiger partial charge in [-0.05, 0) is 25.0 Å². The first-order chi connectivity index (χ1) is 8.42. The highest BCUT2D eigenvalue weighted by atomic mass is 15.0. The van der Waals surface area contributed by atoms with Crippen LogP contribution in [0.3, 0.4) is 0 Å². The fourth-order valence-electron chi connectivity index (χ4n) is 1.71. The SMILES string of the molecule is c1cnc2nc(NCCNC3CC3)ccc2n1. The van der Waals surface area contributed by atoms with E-state index in [2.05, 4.69) is 25.6 Å². The molecule has 0 bridgehead atoms. The number of nitrogens with zero attached hydrogens (tertiary/aromatic N) is 3. The largest absolute Gasteiger partial charge is 0.369 e. The predicted molar refractivity (Wildman–Crippen MR) is 66.8 cm³/mol. The highest BCUT2D eigenvalue weighted by Gasteiger charge is 2.19. The molecule has 5 heteroatoms. The van der Waals surface area contributed by atoms with Gasteiger partial charge in [0.25, 0.3) is 0 Å². The number of hydrogen-bond donors (Lipinski definition) is 2. The molecule has 88 valence electrons. The summed E-state index contributed by atoms with van der Waals surface area (Å²) in [6.07, 6.45) is 5.98. The zero-order chi connectivity index (χ0) is 11.5. The molecule has 0 aliphatic heterocycles. The van der Waals surface area contributed by atoms with Crippen molar-refractivity contribution >= 4 is 17.0 Å². The number of hydrogen-bond acceptors (Lipinski definition) is 5. The predicted octanol–water partition coefficient (Wildman–Crippen LogP) is 1.19. The van der Waals surface area contributed by atoms with Crippen LogP contribution in [0.5, 0.6) is 0 Å². The molecule has 0 spiro atoms. The number of pyridine rings is 1. The summed E-state index contributed by atoms with van der Waals surface area (Å²) >= 11 is 0. The molecule has 1 fully saturated rings. The van der Waals surface area contributed by atoms with E-state index >= 15 is 0 Å². The molecule has 1 aliphatic carbocycles. The van der Waals surface area contributed by atoms with E-state index in [1.807, 2.05) is 12.1 Å². The Balaban J connectivity index is 1.59. The number of rotatable bonds is 5. The summed E-state index contributed by atoms with van der Waals surface area (Å²) < 4.78 is 0. The number of anilines is 1. The summed E-state index contributed by atoms with van der Waals surface area (Å²) in [6, 6.07) is 4.63. The van der Waals surface area contributed by atoms with Gasteiger partial charge in [0.15, 0.2) is 5.65 Å². The van der Waals surface area contributed by atoms with Gasteiger partial charge in [-0.2, -0.15) is 0 Å². The molecule has 2 aromatic heterocycles. The maximum Gasteiger partial charge on any atom is 0.180 e. The van der Waals surface area contributed by atoms with E-state index < -0.39 is 0 Å². The Bertz CT molecular complexity index is 509. The lowest BCUT2D eigenvalue weighted by atomic mass is 10.4. The lowest BCUT2D eigenvalue weighted by Gasteiger charge is -2.06. The van der Waals surface area contributed by atoms with Crippen molar-refractivity contribution in [2.24, 2.45) is 0 Å². The molecule has 2 aromatic rings. The van der Waals surface area contributed by atoms with Gasteiger partial charge in [-0.3, -0.25) is 4.98 Å². The first-order valence-electron chi connectivity index (χ1n) is 5.97. The third-order valence-corrected chi connectivity index (χ3v) is 2.77. The van der Waals surface area contributed by atoms with Crippen LogP contribution in [-0.4, -0.2) is 34.1 Å². The van der Waals surface area contributed by atoms with E-state index in [1.165, 1.54) is 12.8 Å². The summed E-state index contributed by atoms with van der Waals surface area (Å²) in [5.74, 6) is 0.857. The first kappa shape index (κ1) is 10.4. The molecule has 1 aliphatic rings. The quantitative estimate of drug-likeness (QED) is 0.754. The van der Waals surface area contributed by atoms with Crippen LogP contribution in [0.1, 0.15) is 12.8 Å². The standard InChI is InChI=1S/C12H15N5/c1-2-9(1)13-5-7-15-11-4-3-10-12(17-11)16-8-6-14-10/h3-4,6,8-9,13H,1-2,5,7H2,(H,15,16,17). The van der Waals surface area contributed by atoms with Gasteiger partial charge in [-0.25, -0.2) is 9.97 Å². The van der Waals surface area contributed by atoms with Gasteiger partial charge < -0.3 is 10.6 Å². The van der Waals surface area contributed by atoms with E-state index in [0.29, 0.717) is 5.65 Å². The average molecular weight is 229 g/mol. The van der Waals surface area contributed by atoms with Crippen molar-refractivity contribution in [1.82, 2.24) is 20.3 Å². The minimum absolute atomic E-state index is 0.688. The molecule has 0 amide bonds. The molecule has 0 saturated heterocycles. The van der Waals surface area contributed by atoms with Crippen molar-refractivity contribution in [2.45, 2.75) is 18.9 Å². The normalized spacial score (nSPS) is 15.1. The fourth-order valence-corrected chi connectivity index (χ4v) is 1.71. The van der Waals surface area contributed by atoms with Crippen molar-refractivity contribution in [1.29, 1.82) is 0 Å². The van der Waals surface area contributed by atoms with Gasteiger partial charge in [-0.1, -0.05) is 0 Å². The topological polar surface area (TPSA) is 62.7 Å². The second-order valence-electron chi connectivity index (χ2n) is 4.25. The maximum absolute atomic E-state index is 4.40. The Morgan fingerprint density at radius 2 is 2.00 bits per heavy atom. The third kappa shape index (κ3) is 2.68. The molecule has 2 heterocycles. The van der Waals surface area contributed by atoms with E-state index in [9.17, 15) is 0 Å². The highest BCUT2D eigenvalue weighted by Crippen LogP contribution is 2.18. The van der Waals surface area contributed by atoms with Crippen LogP contribution in [0.25, 0.3) is 11.2 Å². The zero-order valence-corrected chi connectivity index (χ0v) is 9.56.